The maximum Gasteiger partial charge on any atom is 0.225 e. The number of aromatic nitrogens is 3. The second-order valence-electron chi connectivity index (χ2n) is 7.78. The molecule has 1 aromatic carbocycles. The summed E-state index contributed by atoms with van der Waals surface area (Å²) in [6.07, 6.45) is 5.80. The van der Waals surface area contributed by atoms with Gasteiger partial charge in [-0.2, -0.15) is 0 Å². The van der Waals surface area contributed by atoms with Crippen LogP contribution in [0.3, 0.4) is 0 Å². The molecule has 0 radical (unpaired) electrons. The monoisotopic (exact) mass is 421 g/mol. The average molecular weight is 422 g/mol. The van der Waals surface area contributed by atoms with Crippen molar-refractivity contribution in [2.75, 3.05) is 24.2 Å². The third kappa shape index (κ3) is 4.56. The molecule has 3 aromatic rings. The molecule has 4 rings (SSSR count). The van der Waals surface area contributed by atoms with E-state index in [4.69, 9.17) is 0 Å². The Kier molecular flexibility index (Phi) is 6.18. The molecule has 1 N–H and O–H groups in total. The second kappa shape index (κ2) is 9.00. The first-order valence-corrected chi connectivity index (χ1v) is 11.5. The van der Waals surface area contributed by atoms with E-state index in [1.54, 1.807) is 11.8 Å². The van der Waals surface area contributed by atoms with E-state index in [9.17, 15) is 4.79 Å². The van der Waals surface area contributed by atoms with Gasteiger partial charge < -0.3 is 10.2 Å². The van der Waals surface area contributed by atoms with Crippen LogP contribution in [0.2, 0.25) is 0 Å². The van der Waals surface area contributed by atoms with Crippen LogP contribution in [0.5, 0.6) is 0 Å². The first-order valence-electron chi connectivity index (χ1n) is 10.3. The maximum absolute atomic E-state index is 12.8. The largest absolute Gasteiger partial charge is 0.369 e. The molecular weight excluding hydrogens is 394 g/mol. The Morgan fingerprint density at radius 2 is 1.97 bits per heavy atom. The van der Waals surface area contributed by atoms with Crippen molar-refractivity contribution in [2.24, 2.45) is 5.92 Å². The van der Waals surface area contributed by atoms with Crippen molar-refractivity contribution in [3.8, 4) is 0 Å². The molecule has 3 heterocycles. The van der Waals surface area contributed by atoms with Gasteiger partial charge in [0.1, 0.15) is 5.52 Å². The number of thioether (sulfide) groups is 1. The molecule has 0 aliphatic carbocycles. The van der Waals surface area contributed by atoms with Gasteiger partial charge >= 0.3 is 0 Å². The number of amides is 1. The summed E-state index contributed by atoms with van der Waals surface area (Å²) < 4.78 is 0. The maximum atomic E-state index is 12.8. The Hall–Kier alpha value is -2.67. The van der Waals surface area contributed by atoms with Crippen LogP contribution < -0.4 is 10.2 Å². The van der Waals surface area contributed by atoms with E-state index in [0.717, 1.165) is 47.5 Å². The molecular formula is C23H27N5OS. The minimum Gasteiger partial charge on any atom is -0.369 e. The van der Waals surface area contributed by atoms with Crippen molar-refractivity contribution in [3.63, 3.8) is 0 Å². The molecule has 7 heteroatoms. The number of nitrogens with zero attached hydrogens (tertiary/aromatic N) is 4. The molecule has 2 aromatic heterocycles. The number of piperidine rings is 1. The Balaban J connectivity index is 1.41. The number of pyridine rings is 1. The zero-order valence-corrected chi connectivity index (χ0v) is 18.5. The van der Waals surface area contributed by atoms with E-state index in [0.29, 0.717) is 18.7 Å². The third-order valence-corrected chi connectivity index (χ3v) is 6.44. The number of carbonyl (C=O) groups is 1. The zero-order chi connectivity index (χ0) is 21.1. The summed E-state index contributed by atoms with van der Waals surface area (Å²) in [5, 5.41) is 3.11. The molecule has 1 fully saturated rings. The summed E-state index contributed by atoms with van der Waals surface area (Å²) in [5.74, 6) is 0.0967. The van der Waals surface area contributed by atoms with Gasteiger partial charge in [-0.25, -0.2) is 15.0 Å². The van der Waals surface area contributed by atoms with Crippen LogP contribution in [0.1, 0.15) is 29.8 Å². The molecule has 6 nitrogen and oxygen atoms in total. The van der Waals surface area contributed by atoms with E-state index in [1.807, 2.05) is 26.1 Å². The van der Waals surface area contributed by atoms with Crippen molar-refractivity contribution >= 4 is 34.5 Å². The molecule has 0 unspecified atom stereocenters. The van der Waals surface area contributed by atoms with Gasteiger partial charge in [0, 0.05) is 24.5 Å². The Labute approximate surface area is 181 Å². The summed E-state index contributed by atoms with van der Waals surface area (Å²) in [4.78, 5) is 29.9. The molecule has 1 aliphatic heterocycles. The molecule has 0 saturated carbocycles. The summed E-state index contributed by atoms with van der Waals surface area (Å²) in [5.41, 5.74) is 5.42. The van der Waals surface area contributed by atoms with E-state index >= 15 is 0 Å². The highest BCUT2D eigenvalue weighted by Crippen LogP contribution is 2.25. The lowest BCUT2D eigenvalue weighted by Crippen LogP contribution is -2.43. The summed E-state index contributed by atoms with van der Waals surface area (Å²) >= 11 is 1.72. The van der Waals surface area contributed by atoms with Crippen molar-refractivity contribution in [2.45, 2.75) is 38.1 Å². The van der Waals surface area contributed by atoms with Gasteiger partial charge in [-0.05, 0) is 56.7 Å². The number of hydrogen-bond donors (Lipinski definition) is 1. The van der Waals surface area contributed by atoms with Crippen molar-refractivity contribution in [1.29, 1.82) is 0 Å². The molecule has 1 atom stereocenters. The van der Waals surface area contributed by atoms with Crippen molar-refractivity contribution in [1.82, 2.24) is 20.3 Å². The number of hydrogen-bond acceptors (Lipinski definition) is 6. The Bertz CT molecular complexity index is 1050. The molecule has 1 amide bonds. The Morgan fingerprint density at radius 3 is 2.73 bits per heavy atom. The van der Waals surface area contributed by atoms with E-state index in [-0.39, 0.29) is 11.8 Å². The predicted molar refractivity (Wildman–Crippen MR) is 122 cm³/mol. The van der Waals surface area contributed by atoms with Gasteiger partial charge in [0.25, 0.3) is 0 Å². The quantitative estimate of drug-likeness (QED) is 0.630. The summed E-state index contributed by atoms with van der Waals surface area (Å²) in [7, 11) is 0. The molecule has 0 bridgehead atoms. The lowest BCUT2D eigenvalue weighted by Gasteiger charge is -2.33. The normalized spacial score (nSPS) is 16.6. The highest BCUT2D eigenvalue weighted by atomic mass is 32.2. The zero-order valence-electron chi connectivity index (χ0n) is 17.7. The number of benzene rings is 1. The van der Waals surface area contributed by atoms with Gasteiger partial charge in [-0.1, -0.05) is 12.1 Å². The molecule has 0 spiro atoms. The minimum absolute atomic E-state index is 0.0224. The Morgan fingerprint density at radius 1 is 1.20 bits per heavy atom. The summed E-state index contributed by atoms with van der Waals surface area (Å²) in [6, 6.07) is 10.4. The average Bonchev–Trinajstić information content (AvgIpc) is 2.78. The topological polar surface area (TPSA) is 71.0 Å². The van der Waals surface area contributed by atoms with Crippen molar-refractivity contribution < 1.29 is 4.79 Å². The second-order valence-corrected chi connectivity index (χ2v) is 8.66. The van der Waals surface area contributed by atoms with Gasteiger partial charge in [-0.15, -0.1) is 11.8 Å². The minimum atomic E-state index is -0.0224. The number of aryl methyl sites for hydroxylation is 2. The van der Waals surface area contributed by atoms with E-state index in [2.05, 4.69) is 55.7 Å². The van der Waals surface area contributed by atoms with E-state index < -0.39 is 0 Å². The highest BCUT2D eigenvalue weighted by molar-refractivity contribution is 7.98. The smallest absolute Gasteiger partial charge is 0.225 e. The molecule has 30 heavy (non-hydrogen) atoms. The van der Waals surface area contributed by atoms with Crippen LogP contribution in [0.25, 0.3) is 11.2 Å². The van der Waals surface area contributed by atoms with Gasteiger partial charge in [0.05, 0.1) is 29.2 Å². The lowest BCUT2D eigenvalue weighted by molar-refractivity contribution is -0.125. The number of fused-ring (bicyclic) bond motifs is 1. The third-order valence-electron chi connectivity index (χ3n) is 5.70. The van der Waals surface area contributed by atoms with E-state index in [1.165, 1.54) is 4.90 Å². The standard InChI is InChI=1S/C23H27N5OS/c1-15-16(2)27-22-21(26-15)11-19(13-24-22)28-10-4-5-18(14-28)23(29)25-12-17-6-8-20(30-3)9-7-17/h6-9,11,13,18H,4-5,10,12,14H2,1-3H3,(H,25,29)/t18-/m0/s1. The van der Waals surface area contributed by atoms with Crippen LogP contribution in [-0.2, 0) is 11.3 Å². The fourth-order valence-corrected chi connectivity index (χ4v) is 4.19. The lowest BCUT2D eigenvalue weighted by atomic mass is 9.96. The van der Waals surface area contributed by atoms with Crippen molar-refractivity contribution in [3.05, 3.63) is 53.5 Å². The van der Waals surface area contributed by atoms with Gasteiger partial charge in [0.2, 0.25) is 5.91 Å². The highest BCUT2D eigenvalue weighted by Gasteiger charge is 2.26. The first-order chi connectivity index (χ1) is 14.5. The van der Waals surface area contributed by atoms with Gasteiger partial charge in [0.15, 0.2) is 5.65 Å². The fourth-order valence-electron chi connectivity index (χ4n) is 3.78. The first kappa shape index (κ1) is 20.6. The SMILES string of the molecule is CSc1ccc(CNC(=O)[C@H]2CCCN(c3cnc4nc(C)c(C)nc4c3)C2)cc1. The number of carbonyl (C=O) groups excluding carboxylic acids is 1. The predicted octanol–water partition coefficient (Wildman–Crippen LogP) is 3.90. The van der Waals surface area contributed by atoms with Gasteiger partial charge in [-0.3, -0.25) is 4.79 Å². The molecule has 1 saturated heterocycles. The number of rotatable bonds is 5. The van der Waals surface area contributed by atoms with Crippen LogP contribution in [0.15, 0.2) is 41.4 Å². The van der Waals surface area contributed by atoms with Crippen LogP contribution in [-0.4, -0.2) is 40.2 Å². The number of anilines is 1. The molecule has 1 aliphatic rings. The van der Waals surface area contributed by atoms with Crippen LogP contribution in [0, 0.1) is 19.8 Å². The number of nitrogens with one attached hydrogen (secondary N) is 1. The van der Waals surface area contributed by atoms with Crippen LogP contribution in [0.4, 0.5) is 5.69 Å². The molecule has 156 valence electrons. The summed E-state index contributed by atoms with van der Waals surface area (Å²) in [6.45, 7) is 6.09. The fraction of sp³-hybridized carbons (Fsp3) is 0.391. The van der Waals surface area contributed by atoms with Crippen LogP contribution >= 0.6 is 11.8 Å².